The Morgan fingerprint density at radius 1 is 0.963 bits per heavy atom. The number of aliphatic imine (C=N–C) groups is 1. The summed E-state index contributed by atoms with van der Waals surface area (Å²) >= 11 is 0. The highest BCUT2D eigenvalue weighted by molar-refractivity contribution is 6.09. The Morgan fingerprint density at radius 3 is 2.50 bits per heavy atom. The predicted molar refractivity (Wildman–Crippen MR) is 213 cm³/mol. The van der Waals surface area contributed by atoms with Crippen molar-refractivity contribution in [2.45, 2.75) is 90.8 Å². The fraction of sp³-hybridized carbons (Fsp3) is 0.500. The van der Waals surface area contributed by atoms with Crippen LogP contribution in [-0.4, -0.2) is 83.3 Å². The van der Waals surface area contributed by atoms with E-state index in [1.807, 2.05) is 57.2 Å². The number of pyridine rings is 1. The number of morpholine rings is 1. The second kappa shape index (κ2) is 17.6. The molecule has 2 saturated heterocycles. The van der Waals surface area contributed by atoms with Gasteiger partial charge in [0.15, 0.2) is 0 Å². The number of benzene rings is 2. The van der Waals surface area contributed by atoms with Gasteiger partial charge in [0.1, 0.15) is 23.2 Å². The number of amidine groups is 1. The third kappa shape index (κ3) is 10.0. The molecule has 3 aliphatic rings. The van der Waals surface area contributed by atoms with E-state index in [9.17, 15) is 4.79 Å². The minimum Gasteiger partial charge on any atom is -0.484 e. The molecule has 1 aromatic heterocycles. The second-order valence-electron chi connectivity index (χ2n) is 15.8. The molecule has 2 aromatic carbocycles. The lowest BCUT2D eigenvalue weighted by atomic mass is 9.85. The molecule has 2 fully saturated rings. The van der Waals surface area contributed by atoms with Crippen LogP contribution in [0.25, 0.3) is 0 Å². The van der Waals surface area contributed by atoms with Gasteiger partial charge in [-0.2, -0.15) is 0 Å². The summed E-state index contributed by atoms with van der Waals surface area (Å²) in [6.07, 6.45) is 7.17. The molecule has 2 aliphatic heterocycles. The number of carbonyl (C=O) groups is 1. The van der Waals surface area contributed by atoms with E-state index in [4.69, 9.17) is 30.7 Å². The molecule has 0 bridgehead atoms. The molecule has 2 amide bonds. The van der Waals surface area contributed by atoms with Crippen LogP contribution in [0.4, 0.5) is 10.5 Å². The standard InChI is InChI=1S/C42H57N9O3/c1-29-10-7-8-20-50(29)40(45)51-28-32(15-18-38(51)44)54-36-17-16-35(33-13-5-6-14-34(33)36)47-41(52)48-39(27-37(43)42(2,3)4)46-31-12-9-11-30(26-31)19-21-49-22-24-53-25-23-49/h5-6,9,11-15,18,26,28-29,35-36,43-45H,7-8,10,16-17,19-25,27H2,1-4H3,(H2,46,47,48,52). The number of urea groups is 1. The van der Waals surface area contributed by atoms with Crippen molar-refractivity contribution in [3.8, 4) is 5.75 Å². The van der Waals surface area contributed by atoms with Crippen molar-refractivity contribution >= 4 is 29.2 Å². The average molecular weight is 736 g/mol. The highest BCUT2D eigenvalue weighted by Crippen LogP contribution is 2.38. The molecule has 54 heavy (non-hydrogen) atoms. The summed E-state index contributed by atoms with van der Waals surface area (Å²) in [6, 6.07) is 19.3. The number of nitrogens with zero attached hydrogens (tertiary/aromatic N) is 4. The van der Waals surface area contributed by atoms with Crippen molar-refractivity contribution in [2.75, 3.05) is 39.4 Å². The molecule has 3 heterocycles. The fourth-order valence-corrected chi connectivity index (χ4v) is 7.38. The lowest BCUT2D eigenvalue weighted by Crippen LogP contribution is -2.47. The maximum absolute atomic E-state index is 13.7. The van der Waals surface area contributed by atoms with Crippen molar-refractivity contribution < 1.29 is 14.3 Å². The van der Waals surface area contributed by atoms with Gasteiger partial charge in [0.05, 0.1) is 31.1 Å². The molecule has 288 valence electrons. The number of likely N-dealkylation sites (tertiary alicyclic amines) is 1. The normalized spacial score (nSPS) is 20.9. The zero-order chi connectivity index (χ0) is 38.2. The van der Waals surface area contributed by atoms with Crippen LogP contribution in [0.1, 0.15) is 95.1 Å². The topological polar surface area (TPSA) is 155 Å². The van der Waals surface area contributed by atoms with E-state index in [2.05, 4.69) is 39.5 Å². The SMILES string of the molecule is CC1CCCCN1C(=N)n1cc(OC2CCC(NC(=O)NC(CC(=N)C(C)(C)C)=Nc3cccc(CCN4CCOCC4)c3)c3ccccc32)ccc1=N. The first-order valence-electron chi connectivity index (χ1n) is 19.4. The summed E-state index contributed by atoms with van der Waals surface area (Å²) in [4.78, 5) is 23.0. The van der Waals surface area contributed by atoms with E-state index in [-0.39, 0.29) is 41.5 Å². The first kappa shape index (κ1) is 38.9. The van der Waals surface area contributed by atoms with Gasteiger partial charge in [-0.05, 0) is 91.8 Å². The van der Waals surface area contributed by atoms with Crippen molar-refractivity contribution in [1.29, 1.82) is 16.2 Å². The Balaban J connectivity index is 1.14. The molecule has 3 unspecified atom stereocenters. The molecule has 6 rings (SSSR count). The molecule has 5 N–H and O–H groups in total. The second-order valence-corrected chi connectivity index (χ2v) is 15.8. The number of hydrogen-bond donors (Lipinski definition) is 5. The molecule has 0 saturated carbocycles. The zero-order valence-electron chi connectivity index (χ0n) is 32.3. The summed E-state index contributed by atoms with van der Waals surface area (Å²) in [5.74, 6) is 1.32. The highest BCUT2D eigenvalue weighted by Gasteiger charge is 2.30. The number of carbonyl (C=O) groups excluding carboxylic acids is 1. The summed E-state index contributed by atoms with van der Waals surface area (Å²) in [5, 5.41) is 32.4. The summed E-state index contributed by atoms with van der Waals surface area (Å²) in [5.41, 5.74) is 4.24. The van der Waals surface area contributed by atoms with Crippen LogP contribution in [0.3, 0.4) is 0 Å². The van der Waals surface area contributed by atoms with Crippen molar-refractivity contribution in [2.24, 2.45) is 10.4 Å². The number of amides is 2. The minimum absolute atomic E-state index is 0.220. The van der Waals surface area contributed by atoms with Gasteiger partial charge in [-0.1, -0.05) is 57.2 Å². The van der Waals surface area contributed by atoms with Crippen molar-refractivity contribution in [3.63, 3.8) is 0 Å². The minimum atomic E-state index is -0.372. The van der Waals surface area contributed by atoms with Gasteiger partial charge in [0, 0.05) is 44.4 Å². The van der Waals surface area contributed by atoms with Crippen LogP contribution in [0.15, 0.2) is 71.9 Å². The number of hydrogen-bond acceptors (Lipinski definition) is 8. The van der Waals surface area contributed by atoms with Crippen LogP contribution in [-0.2, 0) is 11.2 Å². The van der Waals surface area contributed by atoms with Crippen molar-refractivity contribution in [3.05, 3.63) is 89.0 Å². The van der Waals surface area contributed by atoms with Crippen LogP contribution >= 0.6 is 0 Å². The predicted octanol–water partition coefficient (Wildman–Crippen LogP) is 6.94. The van der Waals surface area contributed by atoms with Gasteiger partial charge in [-0.25, -0.2) is 9.79 Å². The molecule has 0 radical (unpaired) electrons. The van der Waals surface area contributed by atoms with E-state index in [1.54, 1.807) is 22.9 Å². The number of rotatable bonds is 9. The van der Waals surface area contributed by atoms with E-state index < -0.39 is 0 Å². The molecule has 1 aliphatic carbocycles. The highest BCUT2D eigenvalue weighted by atomic mass is 16.5. The van der Waals surface area contributed by atoms with E-state index in [1.165, 1.54) is 5.56 Å². The summed E-state index contributed by atoms with van der Waals surface area (Å²) < 4.78 is 13.7. The third-order valence-electron chi connectivity index (χ3n) is 10.7. The Hall–Kier alpha value is -4.81. The molecule has 3 atom stereocenters. The lowest BCUT2D eigenvalue weighted by Gasteiger charge is -2.36. The number of nitrogens with one attached hydrogen (secondary N) is 5. The molecule has 12 heteroatoms. The summed E-state index contributed by atoms with van der Waals surface area (Å²) in [6.45, 7) is 13.3. The summed E-state index contributed by atoms with van der Waals surface area (Å²) in [7, 11) is 0. The maximum atomic E-state index is 13.7. The van der Waals surface area contributed by atoms with Crippen LogP contribution in [0.2, 0.25) is 0 Å². The largest absolute Gasteiger partial charge is 0.484 e. The lowest BCUT2D eigenvalue weighted by molar-refractivity contribution is 0.0384. The Bertz CT molecular complexity index is 1890. The van der Waals surface area contributed by atoms with E-state index >= 15 is 0 Å². The first-order valence-corrected chi connectivity index (χ1v) is 19.4. The van der Waals surface area contributed by atoms with Gasteiger partial charge >= 0.3 is 6.03 Å². The van der Waals surface area contributed by atoms with Crippen molar-refractivity contribution in [1.82, 2.24) is 25.0 Å². The Labute approximate surface area is 319 Å². The van der Waals surface area contributed by atoms with Crippen LogP contribution < -0.4 is 20.9 Å². The number of fused-ring (bicyclic) bond motifs is 1. The smallest absolute Gasteiger partial charge is 0.320 e. The zero-order valence-corrected chi connectivity index (χ0v) is 32.3. The molecule has 0 spiro atoms. The Morgan fingerprint density at radius 2 is 1.74 bits per heavy atom. The number of ether oxygens (including phenoxy) is 2. The van der Waals surface area contributed by atoms with Gasteiger partial charge in [-0.3, -0.25) is 25.6 Å². The molecular weight excluding hydrogens is 679 g/mol. The van der Waals surface area contributed by atoms with Gasteiger partial charge < -0.3 is 25.1 Å². The number of aromatic nitrogens is 1. The van der Waals surface area contributed by atoms with Gasteiger partial charge in [-0.15, -0.1) is 0 Å². The van der Waals surface area contributed by atoms with Gasteiger partial charge in [0.2, 0.25) is 5.96 Å². The average Bonchev–Trinajstić information content (AvgIpc) is 3.16. The fourth-order valence-electron chi connectivity index (χ4n) is 7.38. The quantitative estimate of drug-likeness (QED) is 0.119. The number of piperidine rings is 1. The van der Waals surface area contributed by atoms with Crippen LogP contribution in [0, 0.1) is 21.6 Å². The van der Waals surface area contributed by atoms with Gasteiger partial charge in [0.25, 0.3) is 0 Å². The molecule has 3 aromatic rings. The molecular formula is C42H57N9O3. The maximum Gasteiger partial charge on any atom is 0.320 e. The van der Waals surface area contributed by atoms with Crippen LogP contribution in [0.5, 0.6) is 5.75 Å². The monoisotopic (exact) mass is 735 g/mol. The van der Waals surface area contributed by atoms with E-state index in [0.29, 0.717) is 36.1 Å². The van der Waals surface area contributed by atoms with E-state index in [0.717, 1.165) is 81.9 Å². The molecule has 12 nitrogen and oxygen atoms in total. The first-order chi connectivity index (χ1) is 25.9. The third-order valence-corrected chi connectivity index (χ3v) is 10.7. The Kier molecular flexibility index (Phi) is 12.6.